The molecule has 0 amide bonds. The van der Waals surface area contributed by atoms with Crippen LogP contribution in [0, 0.1) is 0 Å². The van der Waals surface area contributed by atoms with Crippen LogP contribution in [0.5, 0.6) is 0 Å². The number of hydrogen-bond donors (Lipinski definition) is 0. The van der Waals surface area contributed by atoms with Gasteiger partial charge in [-0.3, -0.25) is 0 Å². The Bertz CT molecular complexity index is 2480. The summed E-state index contributed by atoms with van der Waals surface area (Å²) in [5.41, 5.74) is 9.18. The average molecular weight is 602 g/mol. The maximum Gasteiger partial charge on any atom is 0.164 e. The smallest absolute Gasteiger partial charge is 0.164 e. The van der Waals surface area contributed by atoms with Crippen LogP contribution < -0.4 is 0 Å². The van der Waals surface area contributed by atoms with Crippen molar-refractivity contribution in [3.05, 3.63) is 164 Å². The highest BCUT2D eigenvalue weighted by atomic mass is 16.3. The maximum atomic E-state index is 6.64. The predicted octanol–water partition coefficient (Wildman–Crippen LogP) is 11.3. The molecule has 220 valence electrons. The third-order valence-electron chi connectivity index (χ3n) is 8.74. The SMILES string of the molecule is c1ccc(-c2ccc(-c3ccc4c(c3)oc3c5ccccc5c(-c5nc(-c6ccccc6)nc(-c6ccccc6)n5)cc43)cc2)cc1. The lowest BCUT2D eigenvalue weighted by Crippen LogP contribution is -2.00. The number of benzene rings is 7. The van der Waals surface area contributed by atoms with Gasteiger partial charge >= 0.3 is 0 Å². The molecule has 0 saturated heterocycles. The molecule has 0 aliphatic heterocycles. The van der Waals surface area contributed by atoms with Crippen LogP contribution in [0.2, 0.25) is 0 Å². The van der Waals surface area contributed by atoms with E-state index in [1.54, 1.807) is 0 Å². The van der Waals surface area contributed by atoms with E-state index in [2.05, 4.69) is 97.1 Å². The Labute approximate surface area is 271 Å². The van der Waals surface area contributed by atoms with Crippen LogP contribution in [0.25, 0.3) is 89.1 Å². The lowest BCUT2D eigenvalue weighted by atomic mass is 9.98. The highest BCUT2D eigenvalue weighted by Gasteiger charge is 2.19. The lowest BCUT2D eigenvalue weighted by Gasteiger charge is -2.11. The molecule has 0 radical (unpaired) electrons. The number of aromatic nitrogens is 3. The minimum atomic E-state index is 0.625. The Morgan fingerprint density at radius 3 is 1.40 bits per heavy atom. The Morgan fingerprint density at radius 1 is 0.319 bits per heavy atom. The predicted molar refractivity (Wildman–Crippen MR) is 192 cm³/mol. The number of rotatable bonds is 5. The fourth-order valence-corrected chi connectivity index (χ4v) is 6.38. The van der Waals surface area contributed by atoms with Gasteiger partial charge in [0.15, 0.2) is 17.5 Å². The zero-order valence-electron chi connectivity index (χ0n) is 25.3. The van der Waals surface area contributed by atoms with Gasteiger partial charge < -0.3 is 4.42 Å². The van der Waals surface area contributed by atoms with E-state index in [-0.39, 0.29) is 0 Å². The van der Waals surface area contributed by atoms with Crippen LogP contribution in [0.15, 0.2) is 168 Å². The van der Waals surface area contributed by atoms with Gasteiger partial charge in [-0.25, -0.2) is 15.0 Å². The Morgan fingerprint density at radius 2 is 0.787 bits per heavy atom. The average Bonchev–Trinajstić information content (AvgIpc) is 3.53. The third-order valence-corrected chi connectivity index (χ3v) is 8.74. The number of furan rings is 1. The van der Waals surface area contributed by atoms with Crippen molar-refractivity contribution in [1.82, 2.24) is 15.0 Å². The summed E-state index contributed by atoms with van der Waals surface area (Å²) in [5, 5.41) is 4.13. The molecule has 9 aromatic rings. The molecule has 9 rings (SSSR count). The summed E-state index contributed by atoms with van der Waals surface area (Å²) in [6, 6.07) is 56.3. The van der Waals surface area contributed by atoms with Crippen molar-refractivity contribution in [1.29, 1.82) is 0 Å². The fraction of sp³-hybridized carbons (Fsp3) is 0. The third kappa shape index (κ3) is 4.84. The van der Waals surface area contributed by atoms with Gasteiger partial charge in [-0.2, -0.15) is 0 Å². The van der Waals surface area contributed by atoms with Crippen molar-refractivity contribution >= 4 is 32.7 Å². The van der Waals surface area contributed by atoms with Gasteiger partial charge in [0, 0.05) is 32.8 Å². The maximum absolute atomic E-state index is 6.64. The van der Waals surface area contributed by atoms with Crippen LogP contribution in [0.1, 0.15) is 0 Å². The highest BCUT2D eigenvalue weighted by Crippen LogP contribution is 2.40. The summed E-state index contributed by atoms with van der Waals surface area (Å²) < 4.78 is 6.64. The number of fused-ring (bicyclic) bond motifs is 5. The van der Waals surface area contributed by atoms with Gasteiger partial charge in [0.25, 0.3) is 0 Å². The molecular formula is C43H27N3O. The van der Waals surface area contributed by atoms with Crippen molar-refractivity contribution in [2.75, 3.05) is 0 Å². The number of nitrogens with zero attached hydrogens (tertiary/aromatic N) is 3. The van der Waals surface area contributed by atoms with Crippen LogP contribution in [-0.4, -0.2) is 15.0 Å². The topological polar surface area (TPSA) is 51.8 Å². The summed E-state index contributed by atoms with van der Waals surface area (Å²) >= 11 is 0. The van der Waals surface area contributed by atoms with Gasteiger partial charge in [-0.15, -0.1) is 0 Å². The van der Waals surface area contributed by atoms with E-state index in [0.29, 0.717) is 17.5 Å². The first-order valence-electron chi connectivity index (χ1n) is 15.7. The molecule has 0 unspecified atom stereocenters. The summed E-state index contributed by atoms with van der Waals surface area (Å²) in [7, 11) is 0. The molecule has 0 spiro atoms. The Kier molecular flexibility index (Phi) is 6.43. The summed E-state index contributed by atoms with van der Waals surface area (Å²) in [6.45, 7) is 0. The van der Waals surface area contributed by atoms with Crippen molar-refractivity contribution in [2.24, 2.45) is 0 Å². The van der Waals surface area contributed by atoms with E-state index < -0.39 is 0 Å². The minimum Gasteiger partial charge on any atom is -0.455 e. The van der Waals surface area contributed by atoms with Crippen LogP contribution in [0.3, 0.4) is 0 Å². The fourth-order valence-electron chi connectivity index (χ4n) is 6.38. The normalized spacial score (nSPS) is 11.4. The van der Waals surface area contributed by atoms with Crippen molar-refractivity contribution in [3.8, 4) is 56.4 Å². The molecule has 2 heterocycles. The first kappa shape index (κ1) is 27.0. The van der Waals surface area contributed by atoms with E-state index in [9.17, 15) is 0 Å². The number of hydrogen-bond acceptors (Lipinski definition) is 4. The van der Waals surface area contributed by atoms with E-state index in [1.807, 2.05) is 66.7 Å². The van der Waals surface area contributed by atoms with Gasteiger partial charge in [-0.05, 0) is 45.8 Å². The zero-order valence-corrected chi connectivity index (χ0v) is 25.3. The first-order valence-corrected chi connectivity index (χ1v) is 15.7. The zero-order chi connectivity index (χ0) is 31.2. The highest BCUT2D eigenvalue weighted by molar-refractivity contribution is 6.19. The van der Waals surface area contributed by atoms with Crippen LogP contribution in [-0.2, 0) is 0 Å². The monoisotopic (exact) mass is 601 g/mol. The summed E-state index contributed by atoms with van der Waals surface area (Å²) in [6.07, 6.45) is 0. The molecule has 0 N–H and O–H groups in total. The second-order valence-corrected chi connectivity index (χ2v) is 11.6. The van der Waals surface area contributed by atoms with E-state index in [1.165, 1.54) is 11.1 Å². The second kappa shape index (κ2) is 11.2. The molecule has 4 nitrogen and oxygen atoms in total. The molecule has 0 aliphatic rings. The Hall–Kier alpha value is -6.39. The first-order chi connectivity index (χ1) is 23.3. The molecule has 4 heteroatoms. The quantitative estimate of drug-likeness (QED) is 0.197. The van der Waals surface area contributed by atoms with Gasteiger partial charge in [-0.1, -0.05) is 146 Å². The van der Waals surface area contributed by atoms with Gasteiger partial charge in [0.2, 0.25) is 0 Å². The van der Waals surface area contributed by atoms with Crippen molar-refractivity contribution in [3.63, 3.8) is 0 Å². The molecule has 2 aromatic heterocycles. The van der Waals surface area contributed by atoms with E-state index in [4.69, 9.17) is 19.4 Å². The Balaban J connectivity index is 1.21. The largest absolute Gasteiger partial charge is 0.455 e. The van der Waals surface area contributed by atoms with E-state index in [0.717, 1.165) is 60.5 Å². The van der Waals surface area contributed by atoms with Gasteiger partial charge in [0.1, 0.15) is 11.2 Å². The van der Waals surface area contributed by atoms with Crippen molar-refractivity contribution in [2.45, 2.75) is 0 Å². The molecule has 0 bridgehead atoms. The molecule has 7 aromatic carbocycles. The van der Waals surface area contributed by atoms with Gasteiger partial charge in [0.05, 0.1) is 0 Å². The van der Waals surface area contributed by atoms with Crippen molar-refractivity contribution < 1.29 is 4.42 Å². The summed E-state index contributed by atoms with van der Waals surface area (Å²) in [4.78, 5) is 15.0. The standard InChI is InChI=1S/C43H27N3O/c1-4-12-28(13-5-1)29-20-22-30(23-21-29)33-24-25-35-37-27-38(34-18-10-11-19-36(34)40(37)47-39(35)26-33)43-45-41(31-14-6-2-7-15-31)44-42(46-43)32-16-8-3-9-17-32/h1-27H. The van der Waals surface area contributed by atoms with Crippen LogP contribution in [0.4, 0.5) is 0 Å². The molecule has 0 fully saturated rings. The molecule has 47 heavy (non-hydrogen) atoms. The second-order valence-electron chi connectivity index (χ2n) is 11.6. The summed E-state index contributed by atoms with van der Waals surface area (Å²) in [5.74, 6) is 1.90. The molecular weight excluding hydrogens is 574 g/mol. The molecule has 0 aliphatic carbocycles. The lowest BCUT2D eigenvalue weighted by molar-refractivity contribution is 0.673. The van der Waals surface area contributed by atoms with E-state index >= 15 is 0 Å². The molecule has 0 saturated carbocycles. The van der Waals surface area contributed by atoms with Crippen LogP contribution >= 0.6 is 0 Å². The molecule has 0 atom stereocenters. The minimum absolute atomic E-state index is 0.625.